The summed E-state index contributed by atoms with van der Waals surface area (Å²) in [5, 5.41) is 2.89. The highest BCUT2D eigenvalue weighted by Gasteiger charge is 2.24. The predicted molar refractivity (Wildman–Crippen MR) is 99.0 cm³/mol. The molecule has 0 fully saturated rings. The minimum Gasteiger partial charge on any atom is -0.321 e. The van der Waals surface area contributed by atoms with Gasteiger partial charge in [0.05, 0.1) is 11.3 Å². The molecule has 0 saturated carbocycles. The highest BCUT2D eigenvalue weighted by molar-refractivity contribution is 7.13. The second-order valence-corrected chi connectivity index (χ2v) is 7.02. The van der Waals surface area contributed by atoms with E-state index in [1.54, 1.807) is 23.7 Å². The van der Waals surface area contributed by atoms with Gasteiger partial charge in [-0.2, -0.15) is 0 Å². The van der Waals surface area contributed by atoms with Crippen molar-refractivity contribution in [3.63, 3.8) is 0 Å². The van der Waals surface area contributed by atoms with Crippen molar-refractivity contribution in [1.29, 1.82) is 0 Å². The molecule has 24 heavy (non-hydrogen) atoms. The van der Waals surface area contributed by atoms with Gasteiger partial charge < -0.3 is 5.32 Å². The van der Waals surface area contributed by atoms with Crippen LogP contribution in [0.3, 0.4) is 0 Å². The first-order valence-electron chi connectivity index (χ1n) is 7.81. The molecule has 1 aromatic carbocycles. The summed E-state index contributed by atoms with van der Waals surface area (Å²) in [6.45, 7) is 2.09. The number of hydrogen-bond donors (Lipinski definition) is 1. The Morgan fingerprint density at radius 3 is 2.88 bits per heavy atom. The Balaban J connectivity index is 1.67. The summed E-state index contributed by atoms with van der Waals surface area (Å²) in [7, 11) is 0. The molecule has 4 heteroatoms. The first-order chi connectivity index (χ1) is 11.7. The quantitative estimate of drug-likeness (QED) is 0.716. The van der Waals surface area contributed by atoms with E-state index in [9.17, 15) is 4.79 Å². The van der Waals surface area contributed by atoms with Crippen molar-refractivity contribution in [1.82, 2.24) is 4.98 Å². The molecule has 1 N–H and O–H groups in total. The fourth-order valence-corrected chi connectivity index (χ4v) is 4.05. The molecule has 0 aliphatic carbocycles. The van der Waals surface area contributed by atoms with Crippen molar-refractivity contribution in [2.45, 2.75) is 13.3 Å². The van der Waals surface area contributed by atoms with Crippen LogP contribution in [0.15, 0.2) is 54.9 Å². The molecule has 118 valence electrons. The fourth-order valence-electron chi connectivity index (χ4n) is 2.90. The third-order valence-electron chi connectivity index (χ3n) is 4.11. The summed E-state index contributed by atoms with van der Waals surface area (Å²) >= 11 is 1.74. The van der Waals surface area contributed by atoms with E-state index in [1.165, 1.54) is 16.0 Å². The largest absolute Gasteiger partial charge is 0.321 e. The number of benzene rings is 1. The number of thiophene rings is 1. The molecule has 1 amide bonds. The summed E-state index contributed by atoms with van der Waals surface area (Å²) in [4.78, 5) is 18.8. The van der Waals surface area contributed by atoms with E-state index in [1.807, 2.05) is 18.2 Å². The number of fused-ring (bicyclic) bond motifs is 1. The van der Waals surface area contributed by atoms with Gasteiger partial charge in [-0.3, -0.25) is 9.78 Å². The highest BCUT2D eigenvalue weighted by Crippen LogP contribution is 2.34. The van der Waals surface area contributed by atoms with Gasteiger partial charge in [0.1, 0.15) is 0 Å². The minimum absolute atomic E-state index is 0.0598. The number of rotatable bonds is 3. The molecule has 1 aliphatic rings. The summed E-state index contributed by atoms with van der Waals surface area (Å²) in [5.74, 6) is -0.0598. The summed E-state index contributed by atoms with van der Waals surface area (Å²) in [6, 6.07) is 14.5. The number of amides is 1. The number of anilines is 1. The number of carbonyl (C=O) groups is 1. The van der Waals surface area contributed by atoms with Gasteiger partial charge in [-0.05, 0) is 36.3 Å². The van der Waals surface area contributed by atoms with E-state index in [0.717, 1.165) is 22.5 Å². The summed E-state index contributed by atoms with van der Waals surface area (Å²) in [6.07, 6.45) is 6.33. The molecule has 1 aliphatic heterocycles. The SMILES string of the molecule is Cc1cc(Cc2ccccc2)sc1C=C1C(=O)Nc2ccncc21. The van der Waals surface area contributed by atoms with Gasteiger partial charge in [0, 0.05) is 34.1 Å². The van der Waals surface area contributed by atoms with E-state index in [-0.39, 0.29) is 5.91 Å². The van der Waals surface area contributed by atoms with Gasteiger partial charge in [-0.25, -0.2) is 0 Å². The van der Waals surface area contributed by atoms with Crippen molar-refractivity contribution in [2.24, 2.45) is 0 Å². The third-order valence-corrected chi connectivity index (χ3v) is 5.29. The van der Waals surface area contributed by atoms with Crippen LogP contribution in [-0.4, -0.2) is 10.9 Å². The van der Waals surface area contributed by atoms with E-state index < -0.39 is 0 Å². The van der Waals surface area contributed by atoms with Gasteiger partial charge in [-0.1, -0.05) is 30.3 Å². The van der Waals surface area contributed by atoms with E-state index in [4.69, 9.17) is 0 Å². The lowest BCUT2D eigenvalue weighted by Crippen LogP contribution is -2.03. The van der Waals surface area contributed by atoms with Crippen molar-refractivity contribution < 1.29 is 4.79 Å². The number of nitrogens with one attached hydrogen (secondary N) is 1. The Hall–Kier alpha value is -2.72. The zero-order valence-corrected chi connectivity index (χ0v) is 14.1. The van der Waals surface area contributed by atoms with E-state index >= 15 is 0 Å². The van der Waals surface area contributed by atoms with Gasteiger partial charge in [0.15, 0.2) is 0 Å². The first kappa shape index (κ1) is 14.8. The van der Waals surface area contributed by atoms with Crippen LogP contribution in [0.2, 0.25) is 0 Å². The third kappa shape index (κ3) is 2.76. The van der Waals surface area contributed by atoms with Crippen molar-refractivity contribution in [2.75, 3.05) is 5.32 Å². The normalized spacial score (nSPS) is 14.7. The molecule has 2 aromatic heterocycles. The molecule has 3 aromatic rings. The summed E-state index contributed by atoms with van der Waals surface area (Å²) in [5.41, 5.74) is 4.89. The Labute approximate surface area is 144 Å². The molecule has 0 atom stereocenters. The number of carbonyl (C=O) groups excluding carboxylic acids is 1. The number of aryl methyl sites for hydroxylation is 1. The van der Waals surface area contributed by atoms with Crippen LogP contribution in [0, 0.1) is 6.92 Å². The van der Waals surface area contributed by atoms with Crippen LogP contribution in [0.5, 0.6) is 0 Å². The van der Waals surface area contributed by atoms with Crippen molar-refractivity contribution in [3.8, 4) is 0 Å². The maximum absolute atomic E-state index is 12.2. The maximum atomic E-state index is 12.2. The van der Waals surface area contributed by atoms with Crippen LogP contribution in [0.1, 0.15) is 26.4 Å². The first-order valence-corrected chi connectivity index (χ1v) is 8.63. The smallest absolute Gasteiger partial charge is 0.256 e. The average Bonchev–Trinajstić information content (AvgIpc) is 3.09. The Kier molecular flexibility index (Phi) is 3.75. The van der Waals surface area contributed by atoms with Crippen LogP contribution >= 0.6 is 11.3 Å². The lowest BCUT2D eigenvalue weighted by atomic mass is 10.1. The van der Waals surface area contributed by atoms with Crippen molar-refractivity contribution >= 4 is 34.6 Å². The number of aromatic nitrogens is 1. The molecule has 0 spiro atoms. The lowest BCUT2D eigenvalue weighted by Gasteiger charge is -1.97. The number of pyridine rings is 1. The zero-order valence-electron chi connectivity index (χ0n) is 13.2. The van der Waals surface area contributed by atoms with E-state index in [0.29, 0.717) is 5.57 Å². The van der Waals surface area contributed by atoms with Crippen LogP contribution in [0.25, 0.3) is 11.6 Å². The second-order valence-electron chi connectivity index (χ2n) is 5.86. The van der Waals surface area contributed by atoms with Crippen molar-refractivity contribution in [3.05, 3.63) is 81.3 Å². The van der Waals surface area contributed by atoms with Gasteiger partial charge in [0.25, 0.3) is 5.91 Å². The summed E-state index contributed by atoms with van der Waals surface area (Å²) < 4.78 is 0. The maximum Gasteiger partial charge on any atom is 0.256 e. The molecule has 0 radical (unpaired) electrons. The fraction of sp³-hybridized carbons (Fsp3) is 0.100. The van der Waals surface area contributed by atoms with E-state index in [2.05, 4.69) is 47.6 Å². The zero-order chi connectivity index (χ0) is 16.5. The number of nitrogens with zero attached hydrogens (tertiary/aromatic N) is 1. The standard InChI is InChI=1S/C20H16N2OS/c1-13-9-15(10-14-5-3-2-4-6-14)24-19(13)11-16-17-12-21-8-7-18(17)22-20(16)23/h2-9,11-12H,10H2,1H3,(H,22,23). The molecule has 4 rings (SSSR count). The topological polar surface area (TPSA) is 42.0 Å². The van der Waals surface area contributed by atoms with Crippen LogP contribution < -0.4 is 5.32 Å². The predicted octanol–water partition coefficient (Wildman–Crippen LogP) is 4.54. The van der Waals surface area contributed by atoms with Crippen LogP contribution in [0.4, 0.5) is 5.69 Å². The molecule has 3 heterocycles. The molecule has 0 unspecified atom stereocenters. The molecular weight excluding hydrogens is 316 g/mol. The monoisotopic (exact) mass is 332 g/mol. The number of hydrogen-bond acceptors (Lipinski definition) is 3. The Morgan fingerprint density at radius 2 is 2.04 bits per heavy atom. The Morgan fingerprint density at radius 1 is 1.21 bits per heavy atom. The molecular formula is C20H16N2OS. The molecule has 3 nitrogen and oxygen atoms in total. The second kappa shape index (κ2) is 6.06. The molecule has 0 bridgehead atoms. The van der Waals surface area contributed by atoms with Gasteiger partial charge in [0.2, 0.25) is 0 Å². The molecule has 0 saturated heterocycles. The van der Waals surface area contributed by atoms with Crippen LogP contribution in [-0.2, 0) is 11.2 Å². The highest BCUT2D eigenvalue weighted by atomic mass is 32.1. The van der Waals surface area contributed by atoms with Gasteiger partial charge >= 0.3 is 0 Å². The minimum atomic E-state index is -0.0598. The van der Waals surface area contributed by atoms with Gasteiger partial charge in [-0.15, -0.1) is 11.3 Å². The Bertz CT molecular complexity index is 941. The average molecular weight is 332 g/mol. The lowest BCUT2D eigenvalue weighted by molar-refractivity contribution is -0.110.